The molecule has 2 aliphatic rings. The smallest absolute Gasteiger partial charge is 0.254 e. The molecule has 0 radical (unpaired) electrons. The molecule has 0 saturated carbocycles. The van der Waals surface area contributed by atoms with Crippen molar-refractivity contribution in [1.29, 1.82) is 0 Å². The average molecular weight is 383 g/mol. The van der Waals surface area contributed by atoms with Gasteiger partial charge >= 0.3 is 0 Å². The summed E-state index contributed by atoms with van der Waals surface area (Å²) in [7, 11) is 3.17. The normalized spacial score (nSPS) is 18.1. The third-order valence-corrected chi connectivity index (χ3v) is 5.43. The highest BCUT2D eigenvalue weighted by molar-refractivity contribution is 5.95. The fourth-order valence-electron chi connectivity index (χ4n) is 3.96. The van der Waals surface area contributed by atoms with Gasteiger partial charge in [0, 0.05) is 18.2 Å². The Morgan fingerprint density at radius 2 is 1.86 bits per heavy atom. The highest BCUT2D eigenvalue weighted by Crippen LogP contribution is 2.34. The van der Waals surface area contributed by atoms with Gasteiger partial charge in [0.05, 0.1) is 14.2 Å². The molecule has 2 aromatic carbocycles. The van der Waals surface area contributed by atoms with Crippen LogP contribution in [0.15, 0.2) is 36.4 Å². The van der Waals surface area contributed by atoms with Crippen LogP contribution in [0.25, 0.3) is 0 Å². The van der Waals surface area contributed by atoms with Crippen LogP contribution in [0.2, 0.25) is 0 Å². The molecule has 1 unspecified atom stereocenters. The van der Waals surface area contributed by atoms with Crippen LogP contribution in [0.1, 0.15) is 35.2 Å². The number of methoxy groups -OCH3 is 2. The zero-order valence-corrected chi connectivity index (χ0v) is 16.3. The summed E-state index contributed by atoms with van der Waals surface area (Å²) < 4.78 is 21.5. The Bertz CT molecular complexity index is 866. The van der Waals surface area contributed by atoms with E-state index in [0.29, 0.717) is 17.1 Å². The topological polar surface area (TPSA) is 57.2 Å². The maximum Gasteiger partial charge on any atom is 0.254 e. The van der Waals surface area contributed by atoms with Gasteiger partial charge in [0.2, 0.25) is 6.79 Å². The van der Waals surface area contributed by atoms with Crippen LogP contribution in [0.5, 0.6) is 23.0 Å². The number of ether oxygens (including phenoxy) is 4. The number of benzene rings is 2. The van der Waals surface area contributed by atoms with Crippen LogP contribution in [0, 0.1) is 0 Å². The molecule has 1 fully saturated rings. The Hall–Kier alpha value is -2.89. The van der Waals surface area contributed by atoms with Crippen molar-refractivity contribution in [2.24, 2.45) is 0 Å². The van der Waals surface area contributed by atoms with Gasteiger partial charge < -0.3 is 23.8 Å². The molecule has 6 heteroatoms. The van der Waals surface area contributed by atoms with Crippen molar-refractivity contribution >= 4 is 5.91 Å². The monoisotopic (exact) mass is 383 g/mol. The number of amides is 1. The molecule has 28 heavy (non-hydrogen) atoms. The van der Waals surface area contributed by atoms with E-state index < -0.39 is 0 Å². The molecule has 2 heterocycles. The van der Waals surface area contributed by atoms with Crippen molar-refractivity contribution < 1.29 is 23.7 Å². The fraction of sp³-hybridized carbons (Fsp3) is 0.409. The van der Waals surface area contributed by atoms with Crippen LogP contribution in [0.3, 0.4) is 0 Å². The predicted octanol–water partition coefficient (Wildman–Crippen LogP) is 3.67. The molecule has 1 saturated heterocycles. The van der Waals surface area contributed by atoms with E-state index in [2.05, 4.69) is 6.07 Å². The van der Waals surface area contributed by atoms with Gasteiger partial charge in [0.15, 0.2) is 23.0 Å². The molecular weight excluding hydrogens is 358 g/mol. The van der Waals surface area contributed by atoms with Crippen molar-refractivity contribution in [3.8, 4) is 23.0 Å². The first-order valence-corrected chi connectivity index (χ1v) is 9.61. The number of hydrogen-bond donors (Lipinski definition) is 0. The first kappa shape index (κ1) is 18.5. The van der Waals surface area contributed by atoms with Crippen LogP contribution in [-0.4, -0.2) is 44.4 Å². The average Bonchev–Trinajstić information content (AvgIpc) is 3.21. The van der Waals surface area contributed by atoms with Crippen molar-refractivity contribution in [2.75, 3.05) is 27.6 Å². The summed E-state index contributed by atoms with van der Waals surface area (Å²) in [5, 5.41) is 0. The van der Waals surface area contributed by atoms with Crippen molar-refractivity contribution in [3.05, 3.63) is 47.5 Å². The van der Waals surface area contributed by atoms with Gasteiger partial charge in [-0.15, -0.1) is 0 Å². The van der Waals surface area contributed by atoms with E-state index in [9.17, 15) is 4.79 Å². The molecule has 148 valence electrons. The number of hydrogen-bond acceptors (Lipinski definition) is 5. The van der Waals surface area contributed by atoms with Crippen molar-refractivity contribution in [2.45, 2.75) is 31.7 Å². The highest BCUT2D eigenvalue weighted by atomic mass is 16.7. The van der Waals surface area contributed by atoms with Crippen molar-refractivity contribution in [3.63, 3.8) is 0 Å². The molecule has 1 atom stereocenters. The van der Waals surface area contributed by atoms with E-state index in [1.54, 1.807) is 32.4 Å². The first-order valence-electron chi connectivity index (χ1n) is 9.61. The lowest BCUT2D eigenvalue weighted by Gasteiger charge is -2.36. The van der Waals surface area contributed by atoms with Gasteiger partial charge in [-0.25, -0.2) is 0 Å². The lowest BCUT2D eigenvalue weighted by Crippen LogP contribution is -2.44. The van der Waals surface area contributed by atoms with Gasteiger partial charge in [-0.05, 0) is 61.6 Å². The molecule has 0 aromatic heterocycles. The zero-order chi connectivity index (χ0) is 19.5. The minimum absolute atomic E-state index is 0.0337. The fourth-order valence-corrected chi connectivity index (χ4v) is 3.96. The number of nitrogens with zero attached hydrogens (tertiary/aromatic N) is 1. The first-order chi connectivity index (χ1) is 13.7. The third-order valence-electron chi connectivity index (χ3n) is 5.43. The molecule has 0 spiro atoms. The predicted molar refractivity (Wildman–Crippen MR) is 104 cm³/mol. The molecule has 2 aliphatic heterocycles. The van der Waals surface area contributed by atoms with E-state index >= 15 is 0 Å². The highest BCUT2D eigenvalue weighted by Gasteiger charge is 2.28. The van der Waals surface area contributed by atoms with Gasteiger partial charge in [-0.3, -0.25) is 4.79 Å². The van der Waals surface area contributed by atoms with E-state index in [0.717, 1.165) is 49.3 Å². The van der Waals surface area contributed by atoms with Gasteiger partial charge in [-0.1, -0.05) is 6.07 Å². The van der Waals surface area contributed by atoms with Crippen molar-refractivity contribution in [1.82, 2.24) is 4.90 Å². The maximum absolute atomic E-state index is 13.2. The van der Waals surface area contributed by atoms with Crippen LogP contribution >= 0.6 is 0 Å². The molecule has 0 N–H and O–H groups in total. The van der Waals surface area contributed by atoms with E-state index in [1.807, 2.05) is 17.0 Å². The largest absolute Gasteiger partial charge is 0.493 e. The summed E-state index contributed by atoms with van der Waals surface area (Å²) in [6, 6.07) is 11.5. The number of likely N-dealkylation sites (tertiary alicyclic amines) is 1. The molecule has 0 bridgehead atoms. The summed E-state index contributed by atoms with van der Waals surface area (Å²) in [6.07, 6.45) is 3.95. The van der Waals surface area contributed by atoms with Gasteiger partial charge in [0.1, 0.15) is 0 Å². The van der Waals surface area contributed by atoms with Gasteiger partial charge in [0.25, 0.3) is 5.91 Å². The standard InChI is InChI=1S/C22H25NO5/c1-25-18-9-7-16(13-20(18)26-2)22(24)23-10-4-3-5-17(23)11-15-6-8-19-21(12-15)28-14-27-19/h6-9,12-13,17H,3-5,10-11,14H2,1-2H3. The number of fused-ring (bicyclic) bond motifs is 1. The molecule has 2 aromatic rings. The number of piperidine rings is 1. The summed E-state index contributed by atoms with van der Waals surface area (Å²) in [5.74, 6) is 2.79. The van der Waals surface area contributed by atoms with E-state index in [1.165, 1.54) is 0 Å². The lowest BCUT2D eigenvalue weighted by atomic mass is 9.94. The molecule has 4 rings (SSSR count). The number of carbonyl (C=O) groups excluding carboxylic acids is 1. The molecule has 0 aliphatic carbocycles. The maximum atomic E-state index is 13.2. The third kappa shape index (κ3) is 3.59. The second-order valence-corrected chi connectivity index (χ2v) is 7.11. The number of rotatable bonds is 5. The quantitative estimate of drug-likeness (QED) is 0.789. The minimum atomic E-state index is 0.0337. The minimum Gasteiger partial charge on any atom is -0.493 e. The second kappa shape index (κ2) is 8.00. The Kier molecular flexibility index (Phi) is 5.28. The number of carbonyl (C=O) groups is 1. The molecular formula is C22H25NO5. The summed E-state index contributed by atoms with van der Waals surface area (Å²) >= 11 is 0. The summed E-state index contributed by atoms with van der Waals surface area (Å²) in [4.78, 5) is 15.2. The van der Waals surface area contributed by atoms with Crippen LogP contribution in [0.4, 0.5) is 0 Å². The zero-order valence-electron chi connectivity index (χ0n) is 16.3. The summed E-state index contributed by atoms with van der Waals surface area (Å²) in [5.41, 5.74) is 1.77. The molecule has 6 nitrogen and oxygen atoms in total. The lowest BCUT2D eigenvalue weighted by molar-refractivity contribution is 0.0613. The van der Waals surface area contributed by atoms with E-state index in [4.69, 9.17) is 18.9 Å². The van der Waals surface area contributed by atoms with E-state index in [-0.39, 0.29) is 18.7 Å². The Morgan fingerprint density at radius 3 is 2.68 bits per heavy atom. The van der Waals surface area contributed by atoms with Gasteiger partial charge in [-0.2, -0.15) is 0 Å². The second-order valence-electron chi connectivity index (χ2n) is 7.11. The van der Waals surface area contributed by atoms with Crippen LogP contribution < -0.4 is 18.9 Å². The SMILES string of the molecule is COc1ccc(C(=O)N2CCCCC2Cc2ccc3c(c2)OCO3)cc1OC. The summed E-state index contributed by atoms with van der Waals surface area (Å²) in [6.45, 7) is 1.04. The molecule has 1 amide bonds. The van der Waals surface area contributed by atoms with Crippen LogP contribution in [-0.2, 0) is 6.42 Å². The Morgan fingerprint density at radius 1 is 1.04 bits per heavy atom. The Balaban J connectivity index is 1.54. The Labute approximate surface area is 165 Å².